The lowest BCUT2D eigenvalue weighted by Gasteiger charge is -2.24. The van der Waals surface area contributed by atoms with Crippen molar-refractivity contribution in [3.63, 3.8) is 0 Å². The number of carbonyl (C=O) groups excluding carboxylic acids is 2. The molecular weight excluding hydrogens is 449 g/mol. The van der Waals surface area contributed by atoms with Crippen LogP contribution >= 0.6 is 0 Å². The normalized spacial score (nSPS) is 13.7. The number of hydrogen-bond acceptors (Lipinski definition) is 5. The molecule has 3 aromatic carbocycles. The first-order valence-corrected chi connectivity index (χ1v) is 11.5. The van der Waals surface area contributed by atoms with E-state index in [0.717, 1.165) is 24.4 Å². The summed E-state index contributed by atoms with van der Waals surface area (Å²) in [5.74, 6) is -0.0627. The molecule has 7 nitrogen and oxygen atoms in total. The van der Waals surface area contributed by atoms with E-state index in [2.05, 4.69) is 10.2 Å². The van der Waals surface area contributed by atoms with Gasteiger partial charge < -0.3 is 24.6 Å². The molecule has 0 saturated carbocycles. The van der Waals surface area contributed by atoms with E-state index in [1.165, 1.54) is 12.1 Å². The maximum absolute atomic E-state index is 13.8. The van der Waals surface area contributed by atoms with Crippen LogP contribution in [0.2, 0.25) is 0 Å². The van der Waals surface area contributed by atoms with Crippen LogP contribution in [0.3, 0.4) is 0 Å². The van der Waals surface area contributed by atoms with Crippen LogP contribution in [0.5, 0.6) is 11.5 Å². The highest BCUT2D eigenvalue weighted by Gasteiger charge is 2.23. The van der Waals surface area contributed by atoms with Crippen molar-refractivity contribution in [3.8, 4) is 11.5 Å². The van der Waals surface area contributed by atoms with Gasteiger partial charge in [-0.2, -0.15) is 0 Å². The molecule has 2 amide bonds. The third kappa shape index (κ3) is 6.09. The minimum atomic E-state index is -0.527. The molecule has 1 aliphatic rings. The van der Waals surface area contributed by atoms with Gasteiger partial charge in [-0.25, -0.2) is 4.39 Å². The first-order chi connectivity index (χ1) is 17.0. The predicted octanol–water partition coefficient (Wildman–Crippen LogP) is 4.20. The highest BCUT2D eigenvalue weighted by molar-refractivity contribution is 5.97. The number of anilines is 2. The molecule has 1 saturated heterocycles. The Morgan fingerprint density at radius 2 is 1.66 bits per heavy atom. The molecular formula is C27H28FN3O4. The molecule has 0 radical (unpaired) electrons. The zero-order valence-electron chi connectivity index (χ0n) is 19.6. The average Bonchev–Trinajstić information content (AvgIpc) is 3.15. The zero-order valence-corrected chi connectivity index (χ0v) is 19.6. The van der Waals surface area contributed by atoms with Crippen LogP contribution in [0.15, 0.2) is 72.8 Å². The summed E-state index contributed by atoms with van der Waals surface area (Å²) in [5, 5.41) is 2.48. The van der Waals surface area contributed by atoms with Crippen LogP contribution in [0, 0.1) is 5.82 Å². The summed E-state index contributed by atoms with van der Waals surface area (Å²) < 4.78 is 24.7. The molecule has 3 aromatic rings. The molecule has 0 aliphatic carbocycles. The Bertz CT molecular complexity index is 1170. The number of carbonyl (C=O) groups is 2. The predicted molar refractivity (Wildman–Crippen MR) is 133 cm³/mol. The van der Waals surface area contributed by atoms with E-state index in [1.54, 1.807) is 43.5 Å². The van der Waals surface area contributed by atoms with Gasteiger partial charge in [-0.15, -0.1) is 0 Å². The Labute approximate surface area is 204 Å². The van der Waals surface area contributed by atoms with Crippen LogP contribution in [0.4, 0.5) is 15.8 Å². The third-order valence-corrected chi connectivity index (χ3v) is 5.84. The maximum atomic E-state index is 13.8. The van der Waals surface area contributed by atoms with Crippen LogP contribution in [-0.4, -0.2) is 56.6 Å². The Balaban J connectivity index is 1.38. The van der Waals surface area contributed by atoms with Crippen LogP contribution < -0.4 is 19.7 Å². The number of halogens is 1. The van der Waals surface area contributed by atoms with Gasteiger partial charge in [0.05, 0.1) is 18.4 Å². The van der Waals surface area contributed by atoms with Gasteiger partial charge in [-0.05, 0) is 55.0 Å². The summed E-state index contributed by atoms with van der Waals surface area (Å²) in [4.78, 5) is 29.7. The van der Waals surface area contributed by atoms with E-state index in [4.69, 9.17) is 9.47 Å². The number of benzene rings is 3. The third-order valence-electron chi connectivity index (χ3n) is 5.84. The topological polar surface area (TPSA) is 71.1 Å². The van der Waals surface area contributed by atoms with E-state index in [-0.39, 0.29) is 18.2 Å². The highest BCUT2D eigenvalue weighted by Crippen LogP contribution is 2.24. The first-order valence-electron chi connectivity index (χ1n) is 11.5. The van der Waals surface area contributed by atoms with Crippen LogP contribution in [0.25, 0.3) is 0 Å². The molecule has 0 unspecified atom stereocenters. The van der Waals surface area contributed by atoms with Crippen molar-refractivity contribution in [1.82, 2.24) is 4.90 Å². The number of nitrogens with zero attached hydrogens (tertiary/aromatic N) is 2. The van der Waals surface area contributed by atoms with Crippen molar-refractivity contribution in [2.24, 2.45) is 0 Å². The van der Waals surface area contributed by atoms with Crippen LogP contribution in [-0.2, 0) is 4.79 Å². The van der Waals surface area contributed by atoms with E-state index >= 15 is 0 Å². The number of nitrogens with one attached hydrogen (secondary N) is 1. The number of methoxy groups -OCH3 is 1. The summed E-state index contributed by atoms with van der Waals surface area (Å²) in [5.41, 5.74) is 1.56. The molecule has 8 heteroatoms. The smallest absolute Gasteiger partial charge is 0.262 e. The van der Waals surface area contributed by atoms with Gasteiger partial charge in [0.25, 0.3) is 11.8 Å². The van der Waals surface area contributed by atoms with Crippen molar-refractivity contribution in [3.05, 3.63) is 84.2 Å². The van der Waals surface area contributed by atoms with Gasteiger partial charge >= 0.3 is 0 Å². The lowest BCUT2D eigenvalue weighted by molar-refractivity contribution is -0.118. The largest absolute Gasteiger partial charge is 0.497 e. The number of para-hydroxylation sites is 2. The Hall–Kier alpha value is -4.07. The van der Waals surface area contributed by atoms with Crippen molar-refractivity contribution in [2.75, 3.05) is 50.1 Å². The summed E-state index contributed by atoms with van der Waals surface area (Å²) in [7, 11) is 1.64. The highest BCUT2D eigenvalue weighted by atomic mass is 19.1. The SMILES string of the molecule is COc1ccc(N2CCCN(C(=O)c3ccccc3OCC(=O)Nc3ccccc3F)CC2)cc1. The fourth-order valence-corrected chi connectivity index (χ4v) is 4.00. The molecule has 0 atom stereocenters. The standard InChI is InChI=1S/C27H28FN3O4/c1-34-21-13-11-20(12-14-21)30-15-6-16-31(18-17-30)27(33)22-7-2-5-10-25(22)35-19-26(32)29-24-9-4-3-8-23(24)28/h2-5,7-14H,6,15-19H2,1H3,(H,29,32). The lowest BCUT2D eigenvalue weighted by atomic mass is 10.1. The second-order valence-electron chi connectivity index (χ2n) is 8.14. The molecule has 0 bridgehead atoms. The number of rotatable bonds is 7. The number of hydrogen-bond donors (Lipinski definition) is 1. The molecule has 182 valence electrons. The van der Waals surface area contributed by atoms with E-state index in [0.29, 0.717) is 30.9 Å². The van der Waals surface area contributed by atoms with E-state index in [9.17, 15) is 14.0 Å². The minimum Gasteiger partial charge on any atom is -0.497 e. The lowest BCUT2D eigenvalue weighted by Crippen LogP contribution is -2.35. The quantitative estimate of drug-likeness (QED) is 0.552. The summed E-state index contributed by atoms with van der Waals surface area (Å²) in [6.45, 7) is 2.38. The number of ether oxygens (including phenoxy) is 2. The number of amides is 2. The fourth-order valence-electron chi connectivity index (χ4n) is 4.00. The second kappa shape index (κ2) is 11.4. The van der Waals surface area contributed by atoms with Crippen LogP contribution in [0.1, 0.15) is 16.8 Å². The minimum absolute atomic E-state index is 0.0800. The van der Waals surface area contributed by atoms with E-state index in [1.807, 2.05) is 29.2 Å². The molecule has 0 aromatic heterocycles. The molecule has 4 rings (SSSR count). The molecule has 35 heavy (non-hydrogen) atoms. The Kier molecular flexibility index (Phi) is 7.82. The summed E-state index contributed by atoms with van der Waals surface area (Å²) in [6.07, 6.45) is 0.825. The summed E-state index contributed by atoms with van der Waals surface area (Å²) >= 11 is 0. The summed E-state index contributed by atoms with van der Waals surface area (Å²) in [6, 6.07) is 20.7. The Morgan fingerprint density at radius 3 is 2.43 bits per heavy atom. The molecule has 1 N–H and O–H groups in total. The average molecular weight is 478 g/mol. The second-order valence-corrected chi connectivity index (χ2v) is 8.14. The van der Waals surface area contributed by atoms with Gasteiger partial charge in [-0.1, -0.05) is 24.3 Å². The van der Waals surface area contributed by atoms with Crippen molar-refractivity contribution >= 4 is 23.2 Å². The monoisotopic (exact) mass is 477 g/mol. The van der Waals surface area contributed by atoms with Gasteiger partial charge in [0.2, 0.25) is 0 Å². The fraction of sp³-hybridized carbons (Fsp3) is 0.259. The Morgan fingerprint density at radius 1 is 0.914 bits per heavy atom. The first kappa shape index (κ1) is 24.1. The maximum Gasteiger partial charge on any atom is 0.262 e. The zero-order chi connectivity index (χ0) is 24.6. The van der Waals surface area contributed by atoms with Gasteiger partial charge in [0.15, 0.2) is 6.61 Å². The van der Waals surface area contributed by atoms with Crippen molar-refractivity contribution in [1.29, 1.82) is 0 Å². The molecule has 1 heterocycles. The van der Waals surface area contributed by atoms with Crippen molar-refractivity contribution < 1.29 is 23.5 Å². The van der Waals surface area contributed by atoms with Gasteiger partial charge in [0, 0.05) is 31.9 Å². The van der Waals surface area contributed by atoms with E-state index < -0.39 is 11.7 Å². The molecule has 0 spiro atoms. The van der Waals surface area contributed by atoms with Crippen molar-refractivity contribution in [2.45, 2.75) is 6.42 Å². The van der Waals surface area contributed by atoms with Gasteiger partial charge in [0.1, 0.15) is 17.3 Å². The van der Waals surface area contributed by atoms with Gasteiger partial charge in [-0.3, -0.25) is 9.59 Å². The molecule has 1 aliphatic heterocycles. The molecule has 1 fully saturated rings.